The first-order chi connectivity index (χ1) is 7.15. The third kappa shape index (κ3) is 3.51. The predicted molar refractivity (Wildman–Crippen MR) is 58.3 cm³/mol. The minimum absolute atomic E-state index is 0.166. The number of nitrogens with one attached hydrogen (secondary N) is 1. The van der Waals surface area contributed by atoms with Gasteiger partial charge in [-0.2, -0.15) is 0 Å². The highest BCUT2D eigenvalue weighted by molar-refractivity contribution is 6.18. The van der Waals surface area contributed by atoms with Gasteiger partial charge in [-0.05, 0) is 13.0 Å². The molecule has 0 fully saturated rings. The van der Waals surface area contributed by atoms with Crippen LogP contribution in [0, 0.1) is 5.82 Å². The Labute approximate surface area is 93.4 Å². The average molecular weight is 230 g/mol. The minimum Gasteiger partial charge on any atom is -0.349 e. The van der Waals surface area contributed by atoms with E-state index in [-0.39, 0.29) is 30.1 Å². The predicted octanol–water partition coefficient (Wildman–Crippen LogP) is 2.63. The zero-order valence-electron chi connectivity index (χ0n) is 8.47. The first kappa shape index (κ1) is 12.0. The van der Waals surface area contributed by atoms with Gasteiger partial charge in [-0.1, -0.05) is 18.2 Å². The highest BCUT2D eigenvalue weighted by atomic mass is 35.5. The summed E-state index contributed by atoms with van der Waals surface area (Å²) in [5.41, 5.74) is 0.487. The van der Waals surface area contributed by atoms with E-state index < -0.39 is 0 Å². The van der Waals surface area contributed by atoms with Crippen LogP contribution in [0.5, 0.6) is 0 Å². The van der Waals surface area contributed by atoms with Crippen molar-refractivity contribution in [2.75, 3.05) is 5.88 Å². The molecule has 15 heavy (non-hydrogen) atoms. The highest BCUT2D eigenvalue weighted by Crippen LogP contribution is 2.15. The maximum Gasteiger partial charge on any atom is 0.221 e. The number of carbonyl (C=O) groups excluding carboxylic acids is 1. The smallest absolute Gasteiger partial charge is 0.221 e. The lowest BCUT2D eigenvalue weighted by molar-refractivity contribution is -0.121. The van der Waals surface area contributed by atoms with Crippen LogP contribution in [-0.2, 0) is 4.79 Å². The molecule has 0 spiro atoms. The quantitative estimate of drug-likeness (QED) is 0.791. The summed E-state index contributed by atoms with van der Waals surface area (Å²) in [7, 11) is 0. The van der Waals surface area contributed by atoms with Gasteiger partial charge in [-0.25, -0.2) is 4.39 Å². The molecule has 0 saturated heterocycles. The van der Waals surface area contributed by atoms with Crippen molar-refractivity contribution in [2.24, 2.45) is 0 Å². The van der Waals surface area contributed by atoms with Crippen molar-refractivity contribution in [3.63, 3.8) is 0 Å². The molecule has 0 saturated carbocycles. The maximum absolute atomic E-state index is 13.3. The van der Waals surface area contributed by atoms with E-state index >= 15 is 0 Å². The van der Waals surface area contributed by atoms with Gasteiger partial charge in [0.1, 0.15) is 5.82 Å². The fraction of sp³-hybridized carbons (Fsp3) is 0.364. The Balaban J connectivity index is 2.65. The van der Waals surface area contributed by atoms with Crippen molar-refractivity contribution in [2.45, 2.75) is 19.4 Å². The molecular formula is C11H13ClFNO. The van der Waals surface area contributed by atoms with Gasteiger partial charge in [-0.15, -0.1) is 11.6 Å². The van der Waals surface area contributed by atoms with Crippen molar-refractivity contribution in [3.05, 3.63) is 35.6 Å². The summed E-state index contributed by atoms with van der Waals surface area (Å²) < 4.78 is 13.3. The van der Waals surface area contributed by atoms with Crippen molar-refractivity contribution in [3.8, 4) is 0 Å². The molecule has 1 aromatic carbocycles. The summed E-state index contributed by atoms with van der Waals surface area (Å²) in [6.45, 7) is 1.74. The first-order valence-corrected chi connectivity index (χ1v) is 5.28. The van der Waals surface area contributed by atoms with Crippen molar-refractivity contribution in [1.82, 2.24) is 5.32 Å². The second kappa shape index (κ2) is 5.71. The topological polar surface area (TPSA) is 29.1 Å². The number of carbonyl (C=O) groups is 1. The Morgan fingerprint density at radius 2 is 2.20 bits per heavy atom. The largest absolute Gasteiger partial charge is 0.349 e. The molecule has 0 aliphatic heterocycles. The Morgan fingerprint density at radius 1 is 1.53 bits per heavy atom. The third-order valence-electron chi connectivity index (χ3n) is 2.07. The third-order valence-corrected chi connectivity index (χ3v) is 2.26. The SMILES string of the molecule is C[C@@H](NC(=O)CCCl)c1ccccc1F. The molecular weight excluding hydrogens is 217 g/mol. The van der Waals surface area contributed by atoms with E-state index in [2.05, 4.69) is 5.32 Å². The summed E-state index contributed by atoms with van der Waals surface area (Å²) in [5.74, 6) is -0.201. The molecule has 0 radical (unpaired) electrons. The van der Waals surface area contributed by atoms with E-state index in [0.29, 0.717) is 5.56 Å². The number of amides is 1. The minimum atomic E-state index is -0.332. The van der Waals surface area contributed by atoms with E-state index in [4.69, 9.17) is 11.6 Å². The molecule has 1 rings (SSSR count). The van der Waals surface area contributed by atoms with Gasteiger partial charge >= 0.3 is 0 Å². The maximum atomic E-state index is 13.3. The molecule has 0 heterocycles. The fourth-order valence-electron chi connectivity index (χ4n) is 1.30. The number of rotatable bonds is 4. The molecule has 82 valence electrons. The zero-order valence-corrected chi connectivity index (χ0v) is 9.22. The zero-order chi connectivity index (χ0) is 11.3. The van der Waals surface area contributed by atoms with Gasteiger partial charge in [-0.3, -0.25) is 4.79 Å². The van der Waals surface area contributed by atoms with Crippen molar-refractivity contribution >= 4 is 17.5 Å². The van der Waals surface area contributed by atoms with Crippen LogP contribution in [0.2, 0.25) is 0 Å². The standard InChI is InChI=1S/C11H13ClFNO/c1-8(14-11(15)6-7-12)9-4-2-3-5-10(9)13/h2-5,8H,6-7H2,1H3,(H,14,15)/t8-/m1/s1. The van der Waals surface area contributed by atoms with Crippen LogP contribution >= 0.6 is 11.6 Å². The molecule has 0 aliphatic rings. The molecule has 0 aromatic heterocycles. The molecule has 1 N–H and O–H groups in total. The summed E-state index contributed by atoms with van der Waals surface area (Å²) in [4.78, 5) is 11.2. The molecule has 0 aliphatic carbocycles. The van der Waals surface area contributed by atoms with Crippen LogP contribution < -0.4 is 5.32 Å². The Morgan fingerprint density at radius 3 is 2.80 bits per heavy atom. The average Bonchev–Trinajstić information content (AvgIpc) is 2.18. The number of hydrogen-bond acceptors (Lipinski definition) is 1. The van der Waals surface area contributed by atoms with Gasteiger partial charge in [0, 0.05) is 17.9 Å². The lowest BCUT2D eigenvalue weighted by Crippen LogP contribution is -2.27. The normalized spacial score (nSPS) is 12.2. The first-order valence-electron chi connectivity index (χ1n) is 4.75. The number of halogens is 2. The summed E-state index contributed by atoms with van der Waals surface area (Å²) in [6, 6.07) is 6.05. The van der Waals surface area contributed by atoms with Crippen LogP contribution in [0.25, 0.3) is 0 Å². The van der Waals surface area contributed by atoms with Gasteiger partial charge in [0.2, 0.25) is 5.91 Å². The summed E-state index contributed by atoms with van der Waals surface area (Å²) in [6.07, 6.45) is 0.250. The van der Waals surface area contributed by atoms with Gasteiger partial charge in [0.25, 0.3) is 0 Å². The molecule has 1 amide bonds. The van der Waals surface area contributed by atoms with Crippen LogP contribution in [0.3, 0.4) is 0 Å². The van der Waals surface area contributed by atoms with Gasteiger partial charge in [0.05, 0.1) is 6.04 Å². The monoisotopic (exact) mass is 229 g/mol. The van der Waals surface area contributed by atoms with Gasteiger partial charge < -0.3 is 5.32 Å². The summed E-state index contributed by atoms with van der Waals surface area (Å²) >= 11 is 5.42. The second-order valence-corrected chi connectivity index (χ2v) is 3.63. The second-order valence-electron chi connectivity index (χ2n) is 3.25. The number of hydrogen-bond donors (Lipinski definition) is 1. The number of benzene rings is 1. The van der Waals surface area contributed by atoms with Crippen molar-refractivity contribution in [1.29, 1.82) is 0 Å². The Bertz CT molecular complexity index is 343. The van der Waals surface area contributed by atoms with E-state index in [1.165, 1.54) is 6.07 Å². The van der Waals surface area contributed by atoms with E-state index in [1.54, 1.807) is 25.1 Å². The fourth-order valence-corrected chi connectivity index (χ4v) is 1.48. The molecule has 1 aromatic rings. The Hall–Kier alpha value is -1.09. The summed E-state index contributed by atoms with van der Waals surface area (Å²) in [5, 5.41) is 2.67. The van der Waals surface area contributed by atoms with E-state index in [1.807, 2.05) is 0 Å². The van der Waals surface area contributed by atoms with E-state index in [0.717, 1.165) is 0 Å². The van der Waals surface area contributed by atoms with Gasteiger partial charge in [0.15, 0.2) is 0 Å². The van der Waals surface area contributed by atoms with Crippen molar-refractivity contribution < 1.29 is 9.18 Å². The Kier molecular flexibility index (Phi) is 4.56. The number of alkyl halides is 1. The van der Waals surface area contributed by atoms with Crippen LogP contribution in [0.4, 0.5) is 4.39 Å². The molecule has 4 heteroatoms. The lowest BCUT2D eigenvalue weighted by atomic mass is 10.1. The highest BCUT2D eigenvalue weighted by Gasteiger charge is 2.12. The lowest BCUT2D eigenvalue weighted by Gasteiger charge is -2.14. The molecule has 0 bridgehead atoms. The molecule has 2 nitrogen and oxygen atoms in total. The molecule has 0 unspecified atom stereocenters. The van der Waals surface area contributed by atoms with E-state index in [9.17, 15) is 9.18 Å². The van der Waals surface area contributed by atoms with Crippen LogP contribution in [0.1, 0.15) is 24.9 Å². The van der Waals surface area contributed by atoms with Crippen LogP contribution in [0.15, 0.2) is 24.3 Å². The molecule has 1 atom stereocenters. The van der Waals surface area contributed by atoms with Crippen LogP contribution in [-0.4, -0.2) is 11.8 Å².